The zero-order chi connectivity index (χ0) is 16.8. The number of halogens is 1. The maximum absolute atomic E-state index is 6.09. The van der Waals surface area contributed by atoms with Gasteiger partial charge in [-0.15, -0.1) is 0 Å². The van der Waals surface area contributed by atoms with Crippen molar-refractivity contribution >= 4 is 17.6 Å². The molecule has 0 saturated carbocycles. The highest BCUT2D eigenvalue weighted by Gasteiger charge is 2.22. The summed E-state index contributed by atoms with van der Waals surface area (Å²) >= 11 is 6.09. The van der Waals surface area contributed by atoms with Crippen LogP contribution < -0.4 is 10.6 Å². The predicted octanol–water partition coefficient (Wildman–Crippen LogP) is 3.21. The van der Waals surface area contributed by atoms with Crippen molar-refractivity contribution in [2.45, 2.75) is 38.7 Å². The minimum absolute atomic E-state index is 0.0563. The third kappa shape index (κ3) is 5.85. The standard InChI is InChI=1S/C17H28ClN3O/c1-16(2,13-8-7-9-14(18)10-13)11-20-15(19-5)21-12-17(3,4)22-6/h7-10H,11-12H2,1-6H3,(H2,19,20,21). The first-order valence-electron chi connectivity index (χ1n) is 7.46. The highest BCUT2D eigenvalue weighted by atomic mass is 35.5. The second kappa shape index (κ2) is 7.84. The van der Waals surface area contributed by atoms with Crippen LogP contribution in [0.3, 0.4) is 0 Å². The molecule has 5 heteroatoms. The number of rotatable bonds is 6. The zero-order valence-corrected chi connectivity index (χ0v) is 15.2. The van der Waals surface area contributed by atoms with Gasteiger partial charge in [0.05, 0.1) is 5.60 Å². The van der Waals surface area contributed by atoms with Crippen molar-refractivity contribution in [1.82, 2.24) is 10.6 Å². The molecule has 0 aromatic heterocycles. The maximum atomic E-state index is 6.09. The van der Waals surface area contributed by atoms with Gasteiger partial charge in [0.2, 0.25) is 0 Å². The Kier molecular flexibility index (Phi) is 6.69. The van der Waals surface area contributed by atoms with Gasteiger partial charge in [-0.05, 0) is 31.5 Å². The molecular weight excluding hydrogens is 298 g/mol. The Morgan fingerprint density at radius 1 is 1.18 bits per heavy atom. The minimum Gasteiger partial charge on any atom is -0.377 e. The van der Waals surface area contributed by atoms with E-state index in [1.807, 2.05) is 32.0 Å². The lowest BCUT2D eigenvalue weighted by molar-refractivity contribution is 0.0268. The Morgan fingerprint density at radius 3 is 2.36 bits per heavy atom. The Morgan fingerprint density at radius 2 is 1.82 bits per heavy atom. The lowest BCUT2D eigenvalue weighted by Gasteiger charge is -2.28. The quantitative estimate of drug-likeness (QED) is 0.623. The van der Waals surface area contributed by atoms with Gasteiger partial charge in [0, 0.05) is 37.7 Å². The van der Waals surface area contributed by atoms with Gasteiger partial charge >= 0.3 is 0 Å². The largest absolute Gasteiger partial charge is 0.377 e. The van der Waals surface area contributed by atoms with Gasteiger partial charge in [-0.3, -0.25) is 4.99 Å². The average Bonchev–Trinajstić information content (AvgIpc) is 2.47. The smallest absolute Gasteiger partial charge is 0.191 e. The van der Waals surface area contributed by atoms with E-state index >= 15 is 0 Å². The first kappa shape index (κ1) is 18.8. The number of aliphatic imine (C=N–C) groups is 1. The highest BCUT2D eigenvalue weighted by molar-refractivity contribution is 6.30. The van der Waals surface area contributed by atoms with Crippen molar-refractivity contribution in [2.75, 3.05) is 27.2 Å². The fraction of sp³-hybridized carbons (Fsp3) is 0.588. The Hall–Kier alpha value is -1.26. The molecule has 2 N–H and O–H groups in total. The molecule has 1 rings (SSSR count). The summed E-state index contributed by atoms with van der Waals surface area (Å²) in [5, 5.41) is 7.41. The molecule has 0 spiro atoms. The normalized spacial score (nSPS) is 13.1. The highest BCUT2D eigenvalue weighted by Crippen LogP contribution is 2.24. The molecule has 1 aromatic rings. The summed E-state index contributed by atoms with van der Waals surface area (Å²) in [4.78, 5) is 4.25. The van der Waals surface area contributed by atoms with Gasteiger partial charge in [-0.25, -0.2) is 0 Å². The van der Waals surface area contributed by atoms with Crippen LogP contribution in [0.2, 0.25) is 5.02 Å². The van der Waals surface area contributed by atoms with E-state index in [1.54, 1.807) is 14.2 Å². The van der Waals surface area contributed by atoms with Gasteiger partial charge in [0.1, 0.15) is 0 Å². The molecule has 1 aromatic carbocycles. The van der Waals surface area contributed by atoms with E-state index in [-0.39, 0.29) is 11.0 Å². The third-order valence-corrected chi connectivity index (χ3v) is 4.00. The van der Waals surface area contributed by atoms with Gasteiger partial charge < -0.3 is 15.4 Å². The number of benzene rings is 1. The molecule has 0 aliphatic heterocycles. The van der Waals surface area contributed by atoms with Crippen molar-refractivity contribution in [1.29, 1.82) is 0 Å². The number of ether oxygens (including phenoxy) is 1. The molecule has 0 saturated heterocycles. The van der Waals surface area contributed by atoms with Crippen molar-refractivity contribution < 1.29 is 4.74 Å². The van der Waals surface area contributed by atoms with Gasteiger partial charge in [-0.1, -0.05) is 37.6 Å². The Bertz CT molecular complexity index is 512. The van der Waals surface area contributed by atoms with E-state index in [2.05, 4.69) is 35.5 Å². The summed E-state index contributed by atoms with van der Waals surface area (Å²) in [7, 11) is 3.47. The van der Waals surface area contributed by atoms with E-state index < -0.39 is 0 Å². The third-order valence-electron chi connectivity index (χ3n) is 3.76. The predicted molar refractivity (Wildman–Crippen MR) is 94.9 cm³/mol. The molecule has 0 radical (unpaired) electrons. The van der Waals surface area contributed by atoms with Crippen LogP contribution >= 0.6 is 11.6 Å². The number of guanidine groups is 1. The number of methoxy groups -OCH3 is 1. The van der Waals surface area contributed by atoms with Crippen LogP contribution in [0.1, 0.15) is 33.3 Å². The van der Waals surface area contributed by atoms with Crippen LogP contribution in [0.4, 0.5) is 0 Å². The number of hydrogen-bond donors (Lipinski definition) is 2. The summed E-state index contributed by atoms with van der Waals surface area (Å²) in [6, 6.07) is 7.97. The van der Waals surface area contributed by atoms with Crippen LogP contribution in [0.15, 0.2) is 29.3 Å². The Balaban J connectivity index is 2.62. The lowest BCUT2D eigenvalue weighted by atomic mass is 9.84. The van der Waals surface area contributed by atoms with Crippen LogP contribution in [0, 0.1) is 0 Å². The fourth-order valence-electron chi connectivity index (χ4n) is 1.91. The molecular formula is C17H28ClN3O. The molecule has 0 aliphatic carbocycles. The second-order valence-electron chi connectivity index (χ2n) is 6.64. The average molecular weight is 326 g/mol. The summed E-state index contributed by atoms with van der Waals surface area (Å²) in [6.07, 6.45) is 0. The summed E-state index contributed by atoms with van der Waals surface area (Å²) in [6.45, 7) is 9.85. The van der Waals surface area contributed by atoms with Crippen molar-refractivity contribution in [2.24, 2.45) is 4.99 Å². The molecule has 0 amide bonds. The lowest BCUT2D eigenvalue weighted by Crippen LogP contribution is -2.48. The molecule has 4 nitrogen and oxygen atoms in total. The number of hydrogen-bond acceptors (Lipinski definition) is 2. The molecule has 124 valence electrons. The fourth-order valence-corrected chi connectivity index (χ4v) is 2.10. The van der Waals surface area contributed by atoms with Crippen LogP contribution in [-0.4, -0.2) is 38.8 Å². The first-order chi connectivity index (χ1) is 10.2. The first-order valence-corrected chi connectivity index (χ1v) is 7.84. The molecule has 0 unspecified atom stereocenters. The van der Waals surface area contributed by atoms with Crippen molar-refractivity contribution in [3.05, 3.63) is 34.9 Å². The molecule has 0 bridgehead atoms. The Labute approximate surface area is 139 Å². The second-order valence-corrected chi connectivity index (χ2v) is 7.07. The maximum Gasteiger partial charge on any atom is 0.191 e. The summed E-state index contributed by atoms with van der Waals surface area (Å²) in [5.41, 5.74) is 0.902. The summed E-state index contributed by atoms with van der Waals surface area (Å²) < 4.78 is 5.40. The van der Waals surface area contributed by atoms with E-state index in [0.29, 0.717) is 6.54 Å². The van der Waals surface area contributed by atoms with E-state index in [0.717, 1.165) is 17.5 Å². The van der Waals surface area contributed by atoms with Crippen LogP contribution in [-0.2, 0) is 10.2 Å². The van der Waals surface area contributed by atoms with E-state index in [1.165, 1.54) is 5.56 Å². The molecule has 0 fully saturated rings. The summed E-state index contributed by atoms with van der Waals surface area (Å²) in [5.74, 6) is 0.764. The van der Waals surface area contributed by atoms with Crippen molar-refractivity contribution in [3.8, 4) is 0 Å². The molecule has 0 heterocycles. The van der Waals surface area contributed by atoms with Gasteiger partial charge in [0.25, 0.3) is 0 Å². The van der Waals surface area contributed by atoms with E-state index in [4.69, 9.17) is 16.3 Å². The minimum atomic E-state index is -0.236. The number of nitrogens with zero attached hydrogens (tertiary/aromatic N) is 1. The van der Waals surface area contributed by atoms with Crippen molar-refractivity contribution in [3.63, 3.8) is 0 Å². The van der Waals surface area contributed by atoms with Gasteiger partial charge in [-0.2, -0.15) is 0 Å². The molecule has 22 heavy (non-hydrogen) atoms. The number of nitrogens with one attached hydrogen (secondary N) is 2. The molecule has 0 aliphatic rings. The SMILES string of the molecule is CN=C(NCC(C)(C)OC)NCC(C)(C)c1cccc(Cl)c1. The van der Waals surface area contributed by atoms with Crippen LogP contribution in [0.5, 0.6) is 0 Å². The van der Waals surface area contributed by atoms with Gasteiger partial charge in [0.15, 0.2) is 5.96 Å². The topological polar surface area (TPSA) is 45.7 Å². The molecule has 0 atom stereocenters. The van der Waals surface area contributed by atoms with Crippen LogP contribution in [0.25, 0.3) is 0 Å². The monoisotopic (exact) mass is 325 g/mol. The van der Waals surface area contributed by atoms with E-state index in [9.17, 15) is 0 Å². The zero-order valence-electron chi connectivity index (χ0n) is 14.5.